The van der Waals surface area contributed by atoms with Gasteiger partial charge in [-0.2, -0.15) is 0 Å². The Labute approximate surface area is 80.1 Å². The second-order valence-electron chi connectivity index (χ2n) is 4.24. The van der Waals surface area contributed by atoms with E-state index in [1.165, 1.54) is 0 Å². The van der Waals surface area contributed by atoms with E-state index in [9.17, 15) is 4.79 Å². The number of carbonyl (C=O) groups excluding carboxylic acids is 1. The monoisotopic (exact) mass is 185 g/mol. The van der Waals surface area contributed by atoms with Crippen LogP contribution < -0.4 is 0 Å². The van der Waals surface area contributed by atoms with Crippen LogP contribution in [0.2, 0.25) is 0 Å². The molecule has 13 heavy (non-hydrogen) atoms. The van der Waals surface area contributed by atoms with E-state index in [4.69, 9.17) is 4.74 Å². The summed E-state index contributed by atoms with van der Waals surface area (Å²) in [6.45, 7) is 6.76. The Bertz CT molecular complexity index is 181. The van der Waals surface area contributed by atoms with Gasteiger partial charge in [-0.15, -0.1) is 0 Å². The highest BCUT2D eigenvalue weighted by molar-refractivity contribution is 5.71. The zero-order valence-electron chi connectivity index (χ0n) is 8.91. The molecule has 1 fully saturated rings. The number of rotatable bonds is 2. The second kappa shape index (κ2) is 4.09. The van der Waals surface area contributed by atoms with Crippen molar-refractivity contribution in [3.63, 3.8) is 0 Å². The SMILES string of the molecule is CC(C)C(=O)OC1CC(C)N(C)C1. The molecule has 2 unspecified atom stereocenters. The Morgan fingerprint density at radius 3 is 2.54 bits per heavy atom. The van der Waals surface area contributed by atoms with Gasteiger partial charge in [0, 0.05) is 19.0 Å². The molecule has 0 aromatic heterocycles. The molecule has 0 N–H and O–H groups in total. The molecule has 1 heterocycles. The summed E-state index contributed by atoms with van der Waals surface area (Å²) in [5.74, 6) is -0.0892. The van der Waals surface area contributed by atoms with Crippen LogP contribution in [-0.2, 0) is 9.53 Å². The number of nitrogens with zero attached hydrogens (tertiary/aromatic N) is 1. The Morgan fingerprint density at radius 1 is 1.54 bits per heavy atom. The summed E-state index contributed by atoms with van der Waals surface area (Å²) in [7, 11) is 2.06. The Balaban J connectivity index is 2.36. The van der Waals surface area contributed by atoms with Crippen molar-refractivity contribution in [3.8, 4) is 0 Å². The molecule has 0 spiro atoms. The van der Waals surface area contributed by atoms with Gasteiger partial charge >= 0.3 is 5.97 Å². The molecular weight excluding hydrogens is 166 g/mol. The molecule has 2 atom stereocenters. The van der Waals surface area contributed by atoms with Crippen LogP contribution in [0.25, 0.3) is 0 Å². The fourth-order valence-corrected chi connectivity index (χ4v) is 1.52. The lowest BCUT2D eigenvalue weighted by molar-refractivity contribution is -0.152. The Hall–Kier alpha value is -0.570. The lowest BCUT2D eigenvalue weighted by Crippen LogP contribution is -2.25. The third-order valence-corrected chi connectivity index (χ3v) is 2.60. The van der Waals surface area contributed by atoms with E-state index in [-0.39, 0.29) is 18.0 Å². The van der Waals surface area contributed by atoms with E-state index in [1.54, 1.807) is 0 Å². The molecule has 1 aliphatic heterocycles. The summed E-state index contributed by atoms with van der Waals surface area (Å²) in [5, 5.41) is 0. The van der Waals surface area contributed by atoms with Crippen molar-refractivity contribution in [2.75, 3.05) is 13.6 Å². The van der Waals surface area contributed by atoms with Crippen molar-refractivity contribution in [1.82, 2.24) is 4.90 Å². The van der Waals surface area contributed by atoms with E-state index in [1.807, 2.05) is 13.8 Å². The van der Waals surface area contributed by atoms with Crippen molar-refractivity contribution in [2.24, 2.45) is 5.92 Å². The summed E-state index contributed by atoms with van der Waals surface area (Å²) in [6.07, 6.45) is 1.07. The first-order valence-electron chi connectivity index (χ1n) is 4.91. The molecule has 1 rings (SSSR count). The number of likely N-dealkylation sites (N-methyl/N-ethyl adjacent to an activating group) is 1. The van der Waals surface area contributed by atoms with Crippen LogP contribution in [-0.4, -0.2) is 36.6 Å². The molecule has 3 nitrogen and oxygen atoms in total. The Morgan fingerprint density at radius 2 is 2.15 bits per heavy atom. The molecule has 0 saturated carbocycles. The van der Waals surface area contributed by atoms with E-state index < -0.39 is 0 Å². The summed E-state index contributed by atoms with van der Waals surface area (Å²) in [6, 6.07) is 0.532. The zero-order chi connectivity index (χ0) is 10.0. The first-order valence-corrected chi connectivity index (χ1v) is 4.91. The standard InChI is InChI=1S/C10H19NO2/c1-7(2)10(12)13-9-5-8(3)11(4)6-9/h7-9H,5-6H2,1-4H3. The van der Waals surface area contributed by atoms with Crippen LogP contribution in [0.5, 0.6) is 0 Å². The molecule has 0 bridgehead atoms. The summed E-state index contributed by atoms with van der Waals surface area (Å²) < 4.78 is 5.33. The maximum Gasteiger partial charge on any atom is 0.308 e. The second-order valence-corrected chi connectivity index (χ2v) is 4.24. The number of esters is 1. The minimum absolute atomic E-state index is 0.0128. The zero-order valence-corrected chi connectivity index (χ0v) is 8.91. The highest BCUT2D eigenvalue weighted by Crippen LogP contribution is 2.18. The summed E-state index contributed by atoms with van der Waals surface area (Å²) >= 11 is 0. The van der Waals surface area contributed by atoms with Gasteiger partial charge in [0.15, 0.2) is 0 Å². The van der Waals surface area contributed by atoms with Crippen molar-refractivity contribution < 1.29 is 9.53 Å². The normalized spacial score (nSPS) is 29.6. The number of likely N-dealkylation sites (tertiary alicyclic amines) is 1. The van der Waals surface area contributed by atoms with Crippen molar-refractivity contribution in [1.29, 1.82) is 0 Å². The average molecular weight is 185 g/mol. The van der Waals surface area contributed by atoms with Gasteiger partial charge in [0.25, 0.3) is 0 Å². The van der Waals surface area contributed by atoms with Crippen LogP contribution in [0.3, 0.4) is 0 Å². The predicted octanol–water partition coefficient (Wildman–Crippen LogP) is 1.28. The van der Waals surface area contributed by atoms with Crippen LogP contribution in [0, 0.1) is 5.92 Å². The third kappa shape index (κ3) is 2.69. The topological polar surface area (TPSA) is 29.5 Å². The van der Waals surface area contributed by atoms with Crippen molar-refractivity contribution in [3.05, 3.63) is 0 Å². The number of hydrogen-bond acceptors (Lipinski definition) is 3. The smallest absolute Gasteiger partial charge is 0.308 e. The minimum atomic E-state index is -0.0764. The van der Waals surface area contributed by atoms with Crippen LogP contribution >= 0.6 is 0 Å². The predicted molar refractivity (Wildman–Crippen MR) is 51.4 cm³/mol. The van der Waals surface area contributed by atoms with E-state index in [0.717, 1.165) is 13.0 Å². The number of ether oxygens (including phenoxy) is 1. The summed E-state index contributed by atoms with van der Waals surface area (Å²) in [5.41, 5.74) is 0. The van der Waals surface area contributed by atoms with Crippen molar-refractivity contribution in [2.45, 2.75) is 39.3 Å². The van der Waals surface area contributed by atoms with Gasteiger partial charge in [-0.05, 0) is 14.0 Å². The first kappa shape index (κ1) is 10.5. The fourth-order valence-electron chi connectivity index (χ4n) is 1.52. The Kier molecular flexibility index (Phi) is 3.31. The first-order chi connectivity index (χ1) is 6.00. The third-order valence-electron chi connectivity index (χ3n) is 2.60. The van der Waals surface area contributed by atoms with E-state index in [0.29, 0.717) is 6.04 Å². The summed E-state index contributed by atoms with van der Waals surface area (Å²) in [4.78, 5) is 13.5. The molecule has 0 aliphatic carbocycles. The van der Waals surface area contributed by atoms with Crippen LogP contribution in [0.15, 0.2) is 0 Å². The minimum Gasteiger partial charge on any atom is -0.461 e. The molecule has 3 heteroatoms. The van der Waals surface area contributed by atoms with Crippen molar-refractivity contribution >= 4 is 5.97 Å². The lowest BCUT2D eigenvalue weighted by Gasteiger charge is -2.13. The molecule has 76 valence electrons. The van der Waals surface area contributed by atoms with E-state index in [2.05, 4.69) is 18.9 Å². The van der Waals surface area contributed by atoms with Crippen LogP contribution in [0.4, 0.5) is 0 Å². The fraction of sp³-hybridized carbons (Fsp3) is 0.900. The van der Waals surface area contributed by atoms with Gasteiger partial charge in [-0.25, -0.2) is 0 Å². The maximum atomic E-state index is 11.3. The highest BCUT2D eigenvalue weighted by Gasteiger charge is 2.29. The number of carbonyl (C=O) groups is 1. The lowest BCUT2D eigenvalue weighted by atomic mass is 10.2. The molecule has 0 aromatic carbocycles. The van der Waals surface area contributed by atoms with Gasteiger partial charge < -0.3 is 4.74 Å². The average Bonchev–Trinajstić information content (AvgIpc) is 2.31. The van der Waals surface area contributed by atoms with Gasteiger partial charge in [0.2, 0.25) is 0 Å². The van der Waals surface area contributed by atoms with Gasteiger partial charge in [0.05, 0.1) is 5.92 Å². The molecule has 1 saturated heterocycles. The van der Waals surface area contributed by atoms with Crippen LogP contribution in [0.1, 0.15) is 27.2 Å². The largest absolute Gasteiger partial charge is 0.461 e. The van der Waals surface area contributed by atoms with Gasteiger partial charge in [-0.3, -0.25) is 9.69 Å². The molecular formula is C10H19NO2. The molecule has 0 radical (unpaired) electrons. The van der Waals surface area contributed by atoms with E-state index >= 15 is 0 Å². The maximum absolute atomic E-state index is 11.3. The highest BCUT2D eigenvalue weighted by atomic mass is 16.5. The molecule has 0 amide bonds. The van der Waals surface area contributed by atoms with Gasteiger partial charge in [0.1, 0.15) is 6.10 Å². The quantitative estimate of drug-likeness (QED) is 0.607. The molecule has 1 aliphatic rings. The molecule has 0 aromatic rings. The number of hydrogen-bond donors (Lipinski definition) is 0. The van der Waals surface area contributed by atoms with Gasteiger partial charge in [-0.1, -0.05) is 13.8 Å².